The zero-order chi connectivity index (χ0) is 19.4. The second kappa shape index (κ2) is 8.09. The Morgan fingerprint density at radius 2 is 2.04 bits per heavy atom. The van der Waals surface area contributed by atoms with Gasteiger partial charge in [-0.05, 0) is 49.7 Å². The van der Waals surface area contributed by atoms with Crippen molar-refractivity contribution in [2.45, 2.75) is 26.4 Å². The molecule has 3 aromatic rings. The van der Waals surface area contributed by atoms with Gasteiger partial charge in [-0.25, -0.2) is 9.37 Å². The molecule has 1 aromatic heterocycles. The SMILES string of the molecule is Cc1cc(F)ccc1NC(=O)CN[C@H](C)Cn1cnc2ccccc2c1=O. The summed E-state index contributed by atoms with van der Waals surface area (Å²) in [4.78, 5) is 28.9. The summed E-state index contributed by atoms with van der Waals surface area (Å²) in [5, 5.41) is 6.39. The Morgan fingerprint density at radius 3 is 2.81 bits per heavy atom. The highest BCUT2D eigenvalue weighted by Gasteiger charge is 2.10. The molecule has 2 aromatic carbocycles. The molecule has 0 radical (unpaired) electrons. The Kier molecular flexibility index (Phi) is 5.61. The van der Waals surface area contributed by atoms with Gasteiger partial charge in [-0.3, -0.25) is 14.2 Å². The minimum atomic E-state index is -0.341. The van der Waals surface area contributed by atoms with Crippen LogP contribution in [0.3, 0.4) is 0 Å². The van der Waals surface area contributed by atoms with Crippen molar-refractivity contribution in [2.24, 2.45) is 0 Å². The Hall–Kier alpha value is -3.06. The van der Waals surface area contributed by atoms with Crippen LogP contribution in [0.2, 0.25) is 0 Å². The van der Waals surface area contributed by atoms with Crippen LogP contribution in [0.1, 0.15) is 12.5 Å². The van der Waals surface area contributed by atoms with Crippen molar-refractivity contribution in [1.29, 1.82) is 0 Å². The summed E-state index contributed by atoms with van der Waals surface area (Å²) >= 11 is 0. The Balaban J connectivity index is 1.58. The van der Waals surface area contributed by atoms with E-state index in [1.165, 1.54) is 29.1 Å². The maximum atomic E-state index is 13.1. The largest absolute Gasteiger partial charge is 0.325 e. The molecule has 0 aliphatic heterocycles. The van der Waals surface area contributed by atoms with E-state index in [2.05, 4.69) is 15.6 Å². The number of aryl methyl sites for hydroxylation is 1. The summed E-state index contributed by atoms with van der Waals surface area (Å²) in [6.07, 6.45) is 1.52. The molecule has 3 rings (SSSR count). The van der Waals surface area contributed by atoms with Crippen molar-refractivity contribution in [3.05, 3.63) is 70.5 Å². The van der Waals surface area contributed by atoms with Gasteiger partial charge in [-0.2, -0.15) is 0 Å². The smallest absolute Gasteiger partial charge is 0.261 e. The predicted octanol–water partition coefficient (Wildman–Crippen LogP) is 2.46. The first kappa shape index (κ1) is 18.7. The fourth-order valence-corrected chi connectivity index (χ4v) is 2.82. The number of nitrogens with one attached hydrogen (secondary N) is 2. The van der Waals surface area contributed by atoms with E-state index in [-0.39, 0.29) is 29.9 Å². The third-order valence-electron chi connectivity index (χ3n) is 4.28. The first-order chi connectivity index (χ1) is 12.9. The molecule has 27 heavy (non-hydrogen) atoms. The number of benzene rings is 2. The highest BCUT2D eigenvalue weighted by molar-refractivity contribution is 5.92. The van der Waals surface area contributed by atoms with E-state index in [4.69, 9.17) is 0 Å². The van der Waals surface area contributed by atoms with E-state index < -0.39 is 0 Å². The Labute approximate surface area is 156 Å². The molecule has 0 bridgehead atoms. The van der Waals surface area contributed by atoms with Crippen LogP contribution < -0.4 is 16.2 Å². The predicted molar refractivity (Wildman–Crippen MR) is 103 cm³/mol. The first-order valence-corrected chi connectivity index (χ1v) is 8.67. The van der Waals surface area contributed by atoms with Crippen LogP contribution in [-0.2, 0) is 11.3 Å². The molecule has 0 aliphatic rings. The number of carbonyl (C=O) groups is 1. The average molecular weight is 368 g/mol. The molecule has 0 unspecified atom stereocenters. The van der Waals surface area contributed by atoms with E-state index in [0.717, 1.165) is 0 Å². The normalized spacial score (nSPS) is 12.1. The van der Waals surface area contributed by atoms with Crippen LogP contribution >= 0.6 is 0 Å². The molecule has 140 valence electrons. The molecule has 0 saturated heterocycles. The lowest BCUT2D eigenvalue weighted by molar-refractivity contribution is -0.115. The third kappa shape index (κ3) is 4.57. The fraction of sp³-hybridized carbons (Fsp3) is 0.250. The number of amides is 1. The Bertz CT molecular complexity index is 1030. The van der Waals surface area contributed by atoms with Gasteiger partial charge in [0, 0.05) is 18.3 Å². The summed E-state index contributed by atoms with van der Waals surface area (Å²) in [6, 6.07) is 11.3. The van der Waals surface area contributed by atoms with Gasteiger partial charge in [0.1, 0.15) is 5.82 Å². The van der Waals surface area contributed by atoms with Gasteiger partial charge in [-0.1, -0.05) is 12.1 Å². The molecule has 2 N–H and O–H groups in total. The van der Waals surface area contributed by atoms with Crippen LogP contribution in [0, 0.1) is 12.7 Å². The number of carbonyl (C=O) groups excluding carboxylic acids is 1. The van der Waals surface area contributed by atoms with E-state index in [0.29, 0.717) is 28.7 Å². The second-order valence-electron chi connectivity index (χ2n) is 6.51. The topological polar surface area (TPSA) is 76.0 Å². The average Bonchev–Trinajstić information content (AvgIpc) is 2.65. The lowest BCUT2D eigenvalue weighted by Crippen LogP contribution is -2.39. The van der Waals surface area contributed by atoms with Crippen molar-refractivity contribution in [3.63, 3.8) is 0 Å². The highest BCUT2D eigenvalue weighted by atomic mass is 19.1. The summed E-state index contributed by atoms with van der Waals surface area (Å²) in [5.74, 6) is -0.577. The molecular weight excluding hydrogens is 347 g/mol. The second-order valence-corrected chi connectivity index (χ2v) is 6.51. The molecule has 7 heteroatoms. The van der Waals surface area contributed by atoms with Gasteiger partial charge in [0.05, 0.1) is 23.8 Å². The summed E-state index contributed by atoms with van der Waals surface area (Å²) in [5.41, 5.74) is 1.78. The molecule has 6 nitrogen and oxygen atoms in total. The minimum absolute atomic E-state index is 0.0771. The van der Waals surface area contributed by atoms with E-state index in [9.17, 15) is 14.0 Å². The van der Waals surface area contributed by atoms with Crippen LogP contribution in [0.4, 0.5) is 10.1 Å². The highest BCUT2D eigenvalue weighted by Crippen LogP contribution is 2.15. The van der Waals surface area contributed by atoms with Gasteiger partial charge in [-0.15, -0.1) is 0 Å². The van der Waals surface area contributed by atoms with Crippen molar-refractivity contribution in [2.75, 3.05) is 11.9 Å². The number of halogens is 1. The van der Waals surface area contributed by atoms with E-state index >= 15 is 0 Å². The van der Waals surface area contributed by atoms with Gasteiger partial charge in [0.2, 0.25) is 5.91 Å². The fourth-order valence-electron chi connectivity index (χ4n) is 2.82. The van der Waals surface area contributed by atoms with Gasteiger partial charge >= 0.3 is 0 Å². The third-order valence-corrected chi connectivity index (χ3v) is 4.28. The molecule has 0 spiro atoms. The molecule has 1 heterocycles. The standard InChI is InChI=1S/C20H21FN4O2/c1-13-9-15(21)7-8-17(13)24-19(26)10-22-14(2)11-25-12-23-18-6-4-3-5-16(18)20(25)27/h3-9,12,14,22H,10-11H2,1-2H3,(H,24,26)/t14-/m1/s1. The summed E-state index contributed by atoms with van der Waals surface area (Å²) in [7, 11) is 0. The van der Waals surface area contributed by atoms with Crippen molar-refractivity contribution in [3.8, 4) is 0 Å². The van der Waals surface area contributed by atoms with Crippen molar-refractivity contribution < 1.29 is 9.18 Å². The molecule has 0 aliphatic carbocycles. The van der Waals surface area contributed by atoms with Crippen molar-refractivity contribution in [1.82, 2.24) is 14.9 Å². The van der Waals surface area contributed by atoms with E-state index in [1.54, 1.807) is 25.1 Å². The quantitative estimate of drug-likeness (QED) is 0.701. The van der Waals surface area contributed by atoms with Crippen LogP contribution in [0.15, 0.2) is 53.6 Å². The number of hydrogen-bond acceptors (Lipinski definition) is 4. The number of para-hydroxylation sites is 1. The maximum Gasteiger partial charge on any atom is 0.261 e. The lowest BCUT2D eigenvalue weighted by Gasteiger charge is -2.16. The number of nitrogens with zero attached hydrogens (tertiary/aromatic N) is 2. The molecule has 0 fully saturated rings. The number of fused-ring (bicyclic) bond motifs is 1. The molecule has 1 amide bonds. The molecule has 1 atom stereocenters. The van der Waals surface area contributed by atoms with Gasteiger partial charge in [0.25, 0.3) is 5.56 Å². The number of anilines is 1. The molecular formula is C20H21FN4O2. The Morgan fingerprint density at radius 1 is 1.26 bits per heavy atom. The van der Waals surface area contributed by atoms with Crippen LogP contribution in [0.5, 0.6) is 0 Å². The zero-order valence-electron chi connectivity index (χ0n) is 15.2. The monoisotopic (exact) mass is 368 g/mol. The minimum Gasteiger partial charge on any atom is -0.325 e. The summed E-state index contributed by atoms with van der Waals surface area (Å²) < 4.78 is 14.6. The first-order valence-electron chi connectivity index (χ1n) is 8.67. The number of aromatic nitrogens is 2. The number of rotatable bonds is 6. The van der Waals surface area contributed by atoms with E-state index in [1.807, 2.05) is 13.0 Å². The summed E-state index contributed by atoms with van der Waals surface area (Å²) in [6.45, 7) is 4.08. The zero-order valence-corrected chi connectivity index (χ0v) is 15.2. The number of hydrogen-bond donors (Lipinski definition) is 2. The molecule has 0 saturated carbocycles. The lowest BCUT2D eigenvalue weighted by atomic mass is 10.2. The van der Waals surface area contributed by atoms with Gasteiger partial charge < -0.3 is 10.6 Å². The van der Waals surface area contributed by atoms with Crippen molar-refractivity contribution >= 4 is 22.5 Å². The van der Waals surface area contributed by atoms with Crippen LogP contribution in [0.25, 0.3) is 10.9 Å². The van der Waals surface area contributed by atoms with Gasteiger partial charge in [0.15, 0.2) is 0 Å². The van der Waals surface area contributed by atoms with Crippen LogP contribution in [-0.4, -0.2) is 28.0 Å². The maximum absolute atomic E-state index is 13.1.